The fraction of sp³-hybridized carbons (Fsp3) is 0.176. The fourth-order valence-electron chi connectivity index (χ4n) is 2.69. The number of hydrazine groups is 1. The molecule has 0 amide bonds. The van der Waals surface area contributed by atoms with Crippen LogP contribution in [0.15, 0.2) is 41.2 Å². The van der Waals surface area contributed by atoms with E-state index in [2.05, 4.69) is 15.1 Å². The molecule has 0 saturated carbocycles. The van der Waals surface area contributed by atoms with Crippen LogP contribution in [-0.2, 0) is 0 Å². The van der Waals surface area contributed by atoms with E-state index in [1.165, 1.54) is 44.6 Å². The van der Waals surface area contributed by atoms with Crippen LogP contribution >= 0.6 is 0 Å². The molecule has 0 aliphatic carbocycles. The van der Waals surface area contributed by atoms with Crippen LogP contribution in [0.1, 0.15) is 0 Å². The number of anilines is 1. The Hall–Kier alpha value is -3.47. The number of rotatable bonds is 5. The van der Waals surface area contributed by atoms with Crippen molar-refractivity contribution in [3.05, 3.63) is 46.8 Å². The SMILES string of the molecule is COc1cc2nc(NN)n(-c3ccccc3OC(F)(F)F)c(=O)c2cc1OC. The van der Waals surface area contributed by atoms with Gasteiger partial charge in [-0.2, -0.15) is 0 Å². The number of fused-ring (bicyclic) bond motifs is 1. The zero-order chi connectivity index (χ0) is 20.5. The average molecular weight is 396 g/mol. The third-order valence-electron chi connectivity index (χ3n) is 3.83. The van der Waals surface area contributed by atoms with Crippen molar-refractivity contribution in [1.82, 2.24) is 9.55 Å². The molecule has 2 aromatic carbocycles. The van der Waals surface area contributed by atoms with Gasteiger partial charge in [-0.1, -0.05) is 12.1 Å². The first kappa shape index (κ1) is 19.3. The average Bonchev–Trinajstić information content (AvgIpc) is 2.66. The van der Waals surface area contributed by atoms with Gasteiger partial charge < -0.3 is 14.2 Å². The van der Waals surface area contributed by atoms with Crippen molar-refractivity contribution in [3.63, 3.8) is 0 Å². The summed E-state index contributed by atoms with van der Waals surface area (Å²) < 4.78 is 53.5. The third-order valence-corrected chi connectivity index (χ3v) is 3.83. The maximum atomic E-state index is 13.1. The highest BCUT2D eigenvalue weighted by Crippen LogP contribution is 2.33. The number of ether oxygens (including phenoxy) is 3. The second kappa shape index (κ2) is 7.27. The Kier molecular flexibility index (Phi) is 5.01. The number of hydrogen-bond acceptors (Lipinski definition) is 7. The lowest BCUT2D eigenvalue weighted by molar-refractivity contribution is -0.274. The van der Waals surface area contributed by atoms with Gasteiger partial charge in [0, 0.05) is 6.07 Å². The Morgan fingerprint density at radius 2 is 1.71 bits per heavy atom. The molecule has 0 bridgehead atoms. The Balaban J connectivity index is 2.33. The number of methoxy groups -OCH3 is 2. The summed E-state index contributed by atoms with van der Waals surface area (Å²) in [5.41, 5.74) is 1.56. The zero-order valence-corrected chi connectivity index (χ0v) is 14.7. The largest absolute Gasteiger partial charge is 0.573 e. The van der Waals surface area contributed by atoms with E-state index in [9.17, 15) is 18.0 Å². The molecular weight excluding hydrogens is 381 g/mol. The number of halogens is 3. The molecule has 0 radical (unpaired) electrons. The first-order chi connectivity index (χ1) is 13.3. The highest BCUT2D eigenvalue weighted by Gasteiger charge is 2.32. The number of nitrogens with one attached hydrogen (secondary N) is 1. The molecule has 0 aliphatic rings. The van der Waals surface area contributed by atoms with E-state index in [4.69, 9.17) is 15.3 Å². The van der Waals surface area contributed by atoms with Gasteiger partial charge in [0.15, 0.2) is 17.2 Å². The van der Waals surface area contributed by atoms with Gasteiger partial charge in [0.25, 0.3) is 5.56 Å². The highest BCUT2D eigenvalue weighted by atomic mass is 19.4. The van der Waals surface area contributed by atoms with Crippen molar-refractivity contribution in [2.24, 2.45) is 5.84 Å². The van der Waals surface area contributed by atoms with E-state index in [1.54, 1.807) is 0 Å². The topological polar surface area (TPSA) is 101 Å². The van der Waals surface area contributed by atoms with Crippen molar-refractivity contribution >= 4 is 16.9 Å². The molecule has 3 rings (SSSR count). The number of alkyl halides is 3. The number of hydrogen-bond donors (Lipinski definition) is 2. The molecule has 8 nitrogen and oxygen atoms in total. The maximum absolute atomic E-state index is 13.1. The van der Waals surface area contributed by atoms with E-state index in [-0.39, 0.29) is 28.3 Å². The fourth-order valence-corrected chi connectivity index (χ4v) is 2.69. The summed E-state index contributed by atoms with van der Waals surface area (Å²) in [7, 11) is 2.80. The van der Waals surface area contributed by atoms with Crippen LogP contribution in [0.4, 0.5) is 19.1 Å². The predicted octanol–water partition coefficient (Wildman–Crippen LogP) is 2.59. The van der Waals surface area contributed by atoms with E-state index >= 15 is 0 Å². The van der Waals surface area contributed by atoms with Crippen LogP contribution < -0.4 is 31.0 Å². The Bertz CT molecular complexity index is 1080. The monoisotopic (exact) mass is 396 g/mol. The smallest absolute Gasteiger partial charge is 0.493 e. The van der Waals surface area contributed by atoms with Gasteiger partial charge in [-0.05, 0) is 18.2 Å². The number of aromatic nitrogens is 2. The maximum Gasteiger partial charge on any atom is 0.573 e. The molecular formula is C17H15F3N4O4. The quantitative estimate of drug-likeness (QED) is 0.505. The summed E-state index contributed by atoms with van der Waals surface area (Å²) >= 11 is 0. The van der Waals surface area contributed by atoms with Gasteiger partial charge >= 0.3 is 6.36 Å². The lowest BCUT2D eigenvalue weighted by atomic mass is 10.2. The zero-order valence-electron chi connectivity index (χ0n) is 14.7. The second-order valence-corrected chi connectivity index (χ2v) is 5.46. The molecule has 1 aromatic heterocycles. The lowest BCUT2D eigenvalue weighted by Crippen LogP contribution is -2.27. The molecule has 0 spiro atoms. The summed E-state index contributed by atoms with van der Waals surface area (Å²) in [4.78, 5) is 17.3. The summed E-state index contributed by atoms with van der Waals surface area (Å²) in [6, 6.07) is 7.98. The van der Waals surface area contributed by atoms with Gasteiger partial charge in [0.1, 0.15) is 0 Å². The molecule has 1 heterocycles. The summed E-state index contributed by atoms with van der Waals surface area (Å²) in [6.07, 6.45) is -4.95. The van der Waals surface area contributed by atoms with Crippen molar-refractivity contribution in [2.75, 3.05) is 19.6 Å². The molecule has 0 atom stereocenters. The second-order valence-electron chi connectivity index (χ2n) is 5.46. The van der Waals surface area contributed by atoms with Crippen molar-refractivity contribution in [1.29, 1.82) is 0 Å². The molecule has 11 heteroatoms. The van der Waals surface area contributed by atoms with E-state index in [0.717, 1.165) is 10.6 Å². The van der Waals surface area contributed by atoms with Crippen molar-refractivity contribution in [2.45, 2.75) is 6.36 Å². The van der Waals surface area contributed by atoms with Crippen LogP contribution in [0.2, 0.25) is 0 Å². The van der Waals surface area contributed by atoms with Crippen LogP contribution in [0, 0.1) is 0 Å². The highest BCUT2D eigenvalue weighted by molar-refractivity contribution is 5.83. The van der Waals surface area contributed by atoms with Gasteiger partial charge in [-0.15, -0.1) is 13.2 Å². The van der Waals surface area contributed by atoms with Crippen molar-refractivity contribution < 1.29 is 27.4 Å². The van der Waals surface area contributed by atoms with Gasteiger partial charge in [0.05, 0.1) is 30.8 Å². The number of nitrogen functional groups attached to an aromatic ring is 1. The molecule has 0 unspecified atom stereocenters. The Morgan fingerprint density at radius 1 is 1.07 bits per heavy atom. The van der Waals surface area contributed by atoms with Gasteiger partial charge in [0.2, 0.25) is 5.95 Å². The lowest BCUT2D eigenvalue weighted by Gasteiger charge is -2.17. The Morgan fingerprint density at radius 3 is 2.32 bits per heavy atom. The molecule has 3 aromatic rings. The van der Waals surface area contributed by atoms with E-state index in [1.807, 2.05) is 0 Å². The van der Waals surface area contributed by atoms with Crippen LogP contribution in [-0.4, -0.2) is 30.1 Å². The Labute approximate surface area is 156 Å². The number of para-hydroxylation sites is 2. The number of nitrogens with zero attached hydrogens (tertiary/aromatic N) is 2. The summed E-state index contributed by atoms with van der Waals surface area (Å²) in [5, 5.41) is 0.0819. The number of nitrogens with two attached hydrogens (primary N) is 1. The van der Waals surface area contributed by atoms with Crippen molar-refractivity contribution in [3.8, 4) is 22.9 Å². The molecule has 0 saturated heterocycles. The molecule has 0 fully saturated rings. The molecule has 0 aliphatic heterocycles. The molecule has 28 heavy (non-hydrogen) atoms. The van der Waals surface area contributed by atoms with Crippen LogP contribution in [0.3, 0.4) is 0 Å². The minimum absolute atomic E-state index is 0.0819. The van der Waals surface area contributed by atoms with Crippen LogP contribution in [0.25, 0.3) is 16.6 Å². The normalized spacial score (nSPS) is 11.4. The third kappa shape index (κ3) is 3.51. The molecule has 148 valence electrons. The standard InChI is InChI=1S/C17H15F3N4O4/c1-26-13-7-9-10(8-14(13)27-2)22-16(23-21)24(15(9)25)11-5-3-4-6-12(11)28-17(18,19)20/h3-8H,21H2,1-2H3,(H,22,23). The van der Waals surface area contributed by atoms with Crippen LogP contribution in [0.5, 0.6) is 17.2 Å². The first-order valence-corrected chi connectivity index (χ1v) is 7.79. The predicted molar refractivity (Wildman–Crippen MR) is 94.9 cm³/mol. The number of benzene rings is 2. The van der Waals surface area contributed by atoms with Gasteiger partial charge in [-0.25, -0.2) is 15.4 Å². The van der Waals surface area contributed by atoms with E-state index in [0.29, 0.717) is 5.75 Å². The minimum Gasteiger partial charge on any atom is -0.493 e. The summed E-state index contributed by atoms with van der Waals surface area (Å²) in [5.74, 6) is 5.26. The first-order valence-electron chi connectivity index (χ1n) is 7.79. The van der Waals surface area contributed by atoms with E-state index < -0.39 is 17.7 Å². The summed E-state index contributed by atoms with van der Waals surface area (Å²) in [6.45, 7) is 0. The van der Waals surface area contributed by atoms with Gasteiger partial charge in [-0.3, -0.25) is 10.2 Å². The minimum atomic E-state index is -4.95. The molecule has 3 N–H and O–H groups in total.